The molecular weight excluding hydrogens is 402 g/mol. The highest BCUT2D eigenvalue weighted by Gasteiger charge is 2.16. The molecule has 0 saturated heterocycles. The van der Waals surface area contributed by atoms with Crippen molar-refractivity contribution in [1.29, 1.82) is 0 Å². The lowest BCUT2D eigenvalue weighted by Crippen LogP contribution is -2.50. The number of phenols is 1. The summed E-state index contributed by atoms with van der Waals surface area (Å²) in [6.07, 6.45) is 6.75. The standard InChI is InChI=1S/C24H35N7O/c1-6-14-30(4)20(3)19(2)28-24(29-31(5)15-12-25)22(17-26)18-27-13-8-10-21-9-7-11-23(32)16-21/h7,9,11-12,15-18,24,28-29,32H,2-3,6,13-14,25-26H2,1,4-5H3/b15-12-,22-17?,27-18?. The molecule has 1 aromatic carbocycles. The molecule has 0 radical (unpaired) electrons. The number of likely N-dealkylation sites (N-methyl/N-ethyl adjacent to an activating group) is 1. The molecule has 7 N–H and O–H groups in total. The molecule has 32 heavy (non-hydrogen) atoms. The summed E-state index contributed by atoms with van der Waals surface area (Å²) < 4.78 is 0. The summed E-state index contributed by atoms with van der Waals surface area (Å²) in [6, 6.07) is 6.76. The number of rotatable bonds is 12. The first-order valence-corrected chi connectivity index (χ1v) is 10.2. The van der Waals surface area contributed by atoms with E-state index in [1.807, 2.05) is 25.1 Å². The first-order chi connectivity index (χ1) is 15.3. The molecule has 1 rings (SSSR count). The summed E-state index contributed by atoms with van der Waals surface area (Å²) in [5.74, 6) is 6.09. The van der Waals surface area contributed by atoms with Crippen LogP contribution in [0.3, 0.4) is 0 Å². The maximum Gasteiger partial charge on any atom is 0.123 e. The summed E-state index contributed by atoms with van der Waals surface area (Å²) in [6.45, 7) is 11.5. The molecule has 0 heterocycles. The number of nitrogens with zero attached hydrogens (tertiary/aromatic N) is 3. The summed E-state index contributed by atoms with van der Waals surface area (Å²) in [4.78, 5) is 6.39. The van der Waals surface area contributed by atoms with Gasteiger partial charge >= 0.3 is 0 Å². The quantitative estimate of drug-likeness (QED) is 0.111. The van der Waals surface area contributed by atoms with Crippen LogP contribution in [-0.2, 0) is 0 Å². The first kappa shape index (κ1) is 26.2. The van der Waals surface area contributed by atoms with Crippen molar-refractivity contribution in [2.24, 2.45) is 16.5 Å². The van der Waals surface area contributed by atoms with Gasteiger partial charge in [0.1, 0.15) is 18.5 Å². The van der Waals surface area contributed by atoms with Gasteiger partial charge in [-0.15, -0.1) is 0 Å². The van der Waals surface area contributed by atoms with Gasteiger partial charge in [-0.25, -0.2) is 5.43 Å². The monoisotopic (exact) mass is 437 g/mol. The highest BCUT2D eigenvalue weighted by atomic mass is 16.3. The second-order valence-electron chi connectivity index (χ2n) is 6.99. The summed E-state index contributed by atoms with van der Waals surface area (Å²) in [7, 11) is 3.78. The largest absolute Gasteiger partial charge is 0.508 e. The third-order valence-corrected chi connectivity index (χ3v) is 4.34. The zero-order valence-electron chi connectivity index (χ0n) is 19.2. The highest BCUT2D eigenvalue weighted by Crippen LogP contribution is 2.11. The average molecular weight is 438 g/mol. The normalized spacial score (nSPS) is 12.3. The number of hydrogen-bond donors (Lipinski definition) is 5. The van der Waals surface area contributed by atoms with Crippen LogP contribution < -0.4 is 22.2 Å². The van der Waals surface area contributed by atoms with Crippen LogP contribution in [-0.4, -0.2) is 54.6 Å². The van der Waals surface area contributed by atoms with Gasteiger partial charge in [-0.2, -0.15) is 0 Å². The summed E-state index contributed by atoms with van der Waals surface area (Å²) in [5.41, 5.74) is 17.4. The molecule has 1 atom stereocenters. The van der Waals surface area contributed by atoms with Crippen LogP contribution in [0, 0.1) is 11.8 Å². The third kappa shape index (κ3) is 9.32. The minimum Gasteiger partial charge on any atom is -0.508 e. The van der Waals surface area contributed by atoms with Crippen molar-refractivity contribution in [3.8, 4) is 17.6 Å². The Labute approximate surface area is 191 Å². The van der Waals surface area contributed by atoms with Gasteiger partial charge in [0.15, 0.2) is 0 Å². The van der Waals surface area contributed by atoms with Crippen LogP contribution in [0.4, 0.5) is 0 Å². The van der Waals surface area contributed by atoms with E-state index in [-0.39, 0.29) is 12.3 Å². The van der Waals surface area contributed by atoms with E-state index in [9.17, 15) is 5.11 Å². The second kappa shape index (κ2) is 14.2. The van der Waals surface area contributed by atoms with Crippen molar-refractivity contribution in [2.45, 2.75) is 19.5 Å². The zero-order chi connectivity index (χ0) is 23.9. The minimum atomic E-state index is -0.441. The van der Waals surface area contributed by atoms with Crippen LogP contribution in [0.1, 0.15) is 18.9 Å². The Hall–Kier alpha value is -3.83. The van der Waals surface area contributed by atoms with Gasteiger partial charge in [-0.05, 0) is 24.6 Å². The van der Waals surface area contributed by atoms with Gasteiger partial charge in [-0.1, -0.05) is 38.0 Å². The molecule has 0 aliphatic carbocycles. The number of nitrogens with one attached hydrogen (secondary N) is 2. The van der Waals surface area contributed by atoms with E-state index in [4.69, 9.17) is 11.5 Å². The first-order valence-electron chi connectivity index (χ1n) is 10.2. The molecule has 0 aliphatic rings. The number of aromatic hydroxyl groups is 1. The molecule has 172 valence electrons. The Morgan fingerprint density at radius 1 is 1.31 bits per heavy atom. The van der Waals surface area contributed by atoms with Gasteiger partial charge < -0.3 is 31.8 Å². The second-order valence-corrected chi connectivity index (χ2v) is 6.99. The van der Waals surface area contributed by atoms with E-state index in [0.717, 1.165) is 24.2 Å². The lowest BCUT2D eigenvalue weighted by Gasteiger charge is -2.30. The predicted molar refractivity (Wildman–Crippen MR) is 133 cm³/mol. The Kier molecular flexibility index (Phi) is 11.6. The molecule has 0 amide bonds. The molecule has 0 aromatic heterocycles. The van der Waals surface area contributed by atoms with Crippen molar-refractivity contribution in [1.82, 2.24) is 20.7 Å². The molecular formula is C24H35N7O. The van der Waals surface area contributed by atoms with E-state index in [2.05, 4.69) is 47.7 Å². The highest BCUT2D eigenvalue weighted by molar-refractivity contribution is 5.80. The van der Waals surface area contributed by atoms with E-state index < -0.39 is 6.17 Å². The number of benzene rings is 1. The molecule has 1 aromatic rings. The number of aliphatic imine (C=N–C) groups is 1. The number of phenolic OH excluding ortho intramolecular Hbond substituents is 1. The van der Waals surface area contributed by atoms with Crippen molar-refractivity contribution < 1.29 is 5.11 Å². The van der Waals surface area contributed by atoms with Crippen molar-refractivity contribution in [2.75, 3.05) is 27.2 Å². The molecule has 0 spiro atoms. The molecule has 8 heteroatoms. The number of hydrazine groups is 1. The van der Waals surface area contributed by atoms with Crippen LogP contribution in [0.15, 0.2) is 78.0 Å². The predicted octanol–water partition coefficient (Wildman–Crippen LogP) is 1.81. The Morgan fingerprint density at radius 2 is 2.06 bits per heavy atom. The fraction of sp³-hybridized carbons (Fsp3) is 0.292. The maximum absolute atomic E-state index is 9.50. The third-order valence-electron chi connectivity index (χ3n) is 4.34. The van der Waals surface area contributed by atoms with Gasteiger partial charge in [0.25, 0.3) is 0 Å². The van der Waals surface area contributed by atoms with E-state index in [1.165, 1.54) is 12.4 Å². The van der Waals surface area contributed by atoms with Crippen LogP contribution >= 0.6 is 0 Å². The van der Waals surface area contributed by atoms with Crippen LogP contribution in [0.2, 0.25) is 0 Å². The molecule has 0 fully saturated rings. The smallest absolute Gasteiger partial charge is 0.123 e. The average Bonchev–Trinajstić information content (AvgIpc) is 2.75. The van der Waals surface area contributed by atoms with Crippen molar-refractivity contribution in [3.05, 3.63) is 78.6 Å². The van der Waals surface area contributed by atoms with Crippen molar-refractivity contribution >= 4 is 6.21 Å². The number of hydrogen-bond acceptors (Lipinski definition) is 8. The lowest BCUT2D eigenvalue weighted by molar-refractivity contribution is 0.276. The molecule has 0 aliphatic heterocycles. The topological polar surface area (TPSA) is 115 Å². The van der Waals surface area contributed by atoms with Gasteiger partial charge in [0, 0.05) is 56.6 Å². The Bertz CT molecular complexity index is 908. The van der Waals surface area contributed by atoms with Crippen LogP contribution in [0.25, 0.3) is 0 Å². The van der Waals surface area contributed by atoms with Crippen molar-refractivity contribution in [3.63, 3.8) is 0 Å². The summed E-state index contributed by atoms with van der Waals surface area (Å²) >= 11 is 0. The Morgan fingerprint density at radius 3 is 2.69 bits per heavy atom. The maximum atomic E-state index is 9.50. The molecule has 8 nitrogen and oxygen atoms in total. The SMILES string of the molecule is C=C(NC(NN(C)/C=C\N)C(C=NCC#Cc1cccc(O)c1)=CN)C(=C)N(C)CCC. The molecule has 0 bridgehead atoms. The van der Waals surface area contributed by atoms with Gasteiger partial charge in [0.2, 0.25) is 0 Å². The van der Waals surface area contributed by atoms with E-state index in [1.54, 1.807) is 35.6 Å². The number of nitrogens with two attached hydrogens (primary N) is 2. The van der Waals surface area contributed by atoms with Gasteiger partial charge in [0.05, 0.1) is 11.4 Å². The molecule has 0 saturated carbocycles. The molecule has 1 unspecified atom stereocenters. The van der Waals surface area contributed by atoms with E-state index in [0.29, 0.717) is 11.3 Å². The van der Waals surface area contributed by atoms with Gasteiger partial charge in [-0.3, -0.25) is 4.99 Å². The Balaban J connectivity index is 2.91. The van der Waals surface area contributed by atoms with Crippen LogP contribution in [0.5, 0.6) is 5.75 Å². The zero-order valence-corrected chi connectivity index (χ0v) is 19.2. The fourth-order valence-electron chi connectivity index (χ4n) is 2.66. The lowest BCUT2D eigenvalue weighted by atomic mass is 10.2. The van der Waals surface area contributed by atoms with E-state index >= 15 is 0 Å². The summed E-state index contributed by atoms with van der Waals surface area (Å²) in [5, 5.41) is 14.5. The fourth-order valence-corrected chi connectivity index (χ4v) is 2.66. The minimum absolute atomic E-state index is 0.177.